The Morgan fingerprint density at radius 3 is 2.33 bits per heavy atom. The number of hydrogen-bond acceptors (Lipinski definition) is 3. The van der Waals surface area contributed by atoms with E-state index in [0.29, 0.717) is 12.6 Å². The lowest BCUT2D eigenvalue weighted by molar-refractivity contribution is -0.120. The first kappa shape index (κ1) is 12.9. The fraction of sp³-hybridized carbons (Fsp3) is 1.00. The predicted octanol–water partition coefficient (Wildman–Crippen LogP) is 1.68. The van der Waals surface area contributed by atoms with Gasteiger partial charge in [-0.25, -0.2) is 0 Å². The van der Waals surface area contributed by atoms with Gasteiger partial charge in [-0.3, -0.25) is 0 Å². The van der Waals surface area contributed by atoms with Crippen molar-refractivity contribution >= 4 is 0 Å². The molecule has 3 N–H and O–H groups in total. The molecule has 1 aliphatic rings. The fourth-order valence-corrected chi connectivity index (χ4v) is 2.57. The molecule has 0 bridgehead atoms. The number of ether oxygens (including phenoxy) is 1. The van der Waals surface area contributed by atoms with Gasteiger partial charge < -0.3 is 15.6 Å². The summed E-state index contributed by atoms with van der Waals surface area (Å²) in [5.74, 6) is 0. The predicted molar refractivity (Wildman–Crippen MR) is 61.7 cm³/mol. The van der Waals surface area contributed by atoms with Gasteiger partial charge in [-0.15, -0.1) is 0 Å². The van der Waals surface area contributed by atoms with Gasteiger partial charge in [-0.1, -0.05) is 13.8 Å². The normalized spacial score (nSPS) is 36.2. The summed E-state index contributed by atoms with van der Waals surface area (Å²) in [6, 6.07) is 0. The van der Waals surface area contributed by atoms with Crippen LogP contribution in [0.2, 0.25) is 0 Å². The summed E-state index contributed by atoms with van der Waals surface area (Å²) in [7, 11) is 1.75. The molecule has 1 fully saturated rings. The van der Waals surface area contributed by atoms with E-state index in [-0.39, 0.29) is 5.41 Å². The van der Waals surface area contributed by atoms with E-state index in [4.69, 9.17) is 10.5 Å². The van der Waals surface area contributed by atoms with Crippen LogP contribution in [-0.4, -0.2) is 30.5 Å². The van der Waals surface area contributed by atoms with Crippen LogP contribution < -0.4 is 5.73 Å². The molecule has 1 saturated carbocycles. The minimum atomic E-state index is -0.592. The molecular weight excluding hydrogens is 190 g/mol. The zero-order valence-electron chi connectivity index (χ0n) is 10.3. The molecule has 0 amide bonds. The Kier molecular flexibility index (Phi) is 4.15. The van der Waals surface area contributed by atoms with Crippen molar-refractivity contribution < 1.29 is 9.84 Å². The Morgan fingerprint density at radius 1 is 1.47 bits per heavy atom. The van der Waals surface area contributed by atoms with Crippen LogP contribution >= 0.6 is 0 Å². The SMILES string of the molecule is CCC(C)(CN)C1(O)CCC(OC)CC1. The quantitative estimate of drug-likeness (QED) is 0.750. The Bertz CT molecular complexity index is 194. The topological polar surface area (TPSA) is 55.5 Å². The van der Waals surface area contributed by atoms with Crippen molar-refractivity contribution in [2.24, 2.45) is 11.1 Å². The molecule has 1 atom stereocenters. The average Bonchev–Trinajstić information content (AvgIpc) is 2.29. The molecule has 0 aromatic rings. The second kappa shape index (κ2) is 4.81. The standard InChI is InChI=1S/C12H25NO2/c1-4-11(2,9-13)12(14)7-5-10(15-3)6-8-12/h10,14H,4-9,13H2,1-3H3. The second-order valence-electron chi connectivity index (χ2n) is 5.08. The Labute approximate surface area is 93.0 Å². The summed E-state index contributed by atoms with van der Waals surface area (Å²) in [5, 5.41) is 10.7. The highest BCUT2D eigenvalue weighted by Crippen LogP contribution is 2.44. The van der Waals surface area contributed by atoms with Crippen LogP contribution in [-0.2, 0) is 4.74 Å². The molecule has 0 aliphatic heterocycles. The molecule has 0 aromatic heterocycles. The van der Waals surface area contributed by atoms with E-state index in [1.165, 1.54) is 0 Å². The summed E-state index contributed by atoms with van der Waals surface area (Å²) in [4.78, 5) is 0. The summed E-state index contributed by atoms with van der Waals surface area (Å²) < 4.78 is 5.32. The van der Waals surface area contributed by atoms with Gasteiger partial charge in [0.05, 0.1) is 11.7 Å². The van der Waals surface area contributed by atoms with Crippen molar-refractivity contribution in [3.8, 4) is 0 Å². The number of rotatable bonds is 4. The first-order valence-corrected chi connectivity index (χ1v) is 5.96. The molecule has 0 radical (unpaired) electrons. The van der Waals surface area contributed by atoms with Crippen LogP contribution in [0.1, 0.15) is 46.0 Å². The smallest absolute Gasteiger partial charge is 0.0714 e. The van der Waals surface area contributed by atoms with Crippen molar-refractivity contribution in [1.82, 2.24) is 0 Å². The minimum absolute atomic E-state index is 0.147. The lowest BCUT2D eigenvalue weighted by atomic mass is 9.64. The van der Waals surface area contributed by atoms with Gasteiger partial charge in [-0.2, -0.15) is 0 Å². The Balaban J connectivity index is 2.68. The highest BCUT2D eigenvalue weighted by atomic mass is 16.5. The number of aliphatic hydroxyl groups is 1. The Morgan fingerprint density at radius 2 is 2.00 bits per heavy atom. The second-order valence-corrected chi connectivity index (χ2v) is 5.08. The van der Waals surface area contributed by atoms with Crippen LogP contribution in [0.25, 0.3) is 0 Å². The van der Waals surface area contributed by atoms with E-state index >= 15 is 0 Å². The highest BCUT2D eigenvalue weighted by molar-refractivity contribution is 4.99. The zero-order valence-corrected chi connectivity index (χ0v) is 10.3. The first-order valence-electron chi connectivity index (χ1n) is 5.96. The third kappa shape index (κ3) is 2.35. The van der Waals surface area contributed by atoms with Crippen molar-refractivity contribution in [3.63, 3.8) is 0 Å². The summed E-state index contributed by atoms with van der Waals surface area (Å²) in [6.07, 6.45) is 4.77. The van der Waals surface area contributed by atoms with E-state index in [2.05, 4.69) is 13.8 Å². The third-order valence-electron chi connectivity index (χ3n) is 4.45. The molecule has 1 unspecified atom stereocenters. The van der Waals surface area contributed by atoms with E-state index in [1.807, 2.05) is 0 Å². The van der Waals surface area contributed by atoms with E-state index in [9.17, 15) is 5.11 Å². The van der Waals surface area contributed by atoms with Gasteiger partial charge >= 0.3 is 0 Å². The number of methoxy groups -OCH3 is 1. The molecule has 0 heterocycles. The monoisotopic (exact) mass is 215 g/mol. The largest absolute Gasteiger partial charge is 0.389 e. The van der Waals surface area contributed by atoms with Crippen LogP contribution in [0.3, 0.4) is 0 Å². The highest BCUT2D eigenvalue weighted by Gasteiger charge is 2.46. The summed E-state index contributed by atoms with van der Waals surface area (Å²) in [5.41, 5.74) is 5.07. The van der Waals surface area contributed by atoms with Gasteiger partial charge in [0.25, 0.3) is 0 Å². The molecule has 0 aromatic carbocycles. The molecule has 1 aliphatic carbocycles. The minimum Gasteiger partial charge on any atom is -0.389 e. The van der Waals surface area contributed by atoms with Gasteiger partial charge in [0, 0.05) is 19.1 Å². The van der Waals surface area contributed by atoms with Gasteiger partial charge in [0.15, 0.2) is 0 Å². The van der Waals surface area contributed by atoms with Gasteiger partial charge in [-0.05, 0) is 32.1 Å². The molecule has 0 saturated heterocycles. The first-order chi connectivity index (χ1) is 7.01. The molecule has 90 valence electrons. The number of hydrogen-bond donors (Lipinski definition) is 2. The summed E-state index contributed by atoms with van der Waals surface area (Å²) in [6.45, 7) is 4.75. The fourth-order valence-electron chi connectivity index (χ4n) is 2.57. The lowest BCUT2D eigenvalue weighted by Gasteiger charge is -2.47. The maximum Gasteiger partial charge on any atom is 0.0714 e. The molecule has 3 nitrogen and oxygen atoms in total. The Hall–Kier alpha value is -0.120. The third-order valence-corrected chi connectivity index (χ3v) is 4.45. The van der Waals surface area contributed by atoms with Crippen LogP contribution in [0.4, 0.5) is 0 Å². The van der Waals surface area contributed by atoms with Gasteiger partial charge in [0.1, 0.15) is 0 Å². The van der Waals surface area contributed by atoms with Crippen LogP contribution in [0.15, 0.2) is 0 Å². The van der Waals surface area contributed by atoms with Crippen molar-refractivity contribution in [2.75, 3.05) is 13.7 Å². The maximum absolute atomic E-state index is 10.7. The van der Waals surface area contributed by atoms with E-state index < -0.39 is 5.60 Å². The van der Waals surface area contributed by atoms with Crippen molar-refractivity contribution in [2.45, 2.75) is 57.7 Å². The molecular formula is C12H25NO2. The lowest BCUT2D eigenvalue weighted by Crippen LogP contribution is -2.53. The van der Waals surface area contributed by atoms with Gasteiger partial charge in [0.2, 0.25) is 0 Å². The average molecular weight is 215 g/mol. The maximum atomic E-state index is 10.7. The molecule has 3 heteroatoms. The molecule has 1 rings (SSSR count). The van der Waals surface area contributed by atoms with E-state index in [1.54, 1.807) is 7.11 Å². The number of nitrogens with two attached hydrogens (primary N) is 1. The summed E-state index contributed by atoms with van der Waals surface area (Å²) >= 11 is 0. The molecule has 15 heavy (non-hydrogen) atoms. The van der Waals surface area contributed by atoms with Crippen molar-refractivity contribution in [3.05, 3.63) is 0 Å². The molecule has 0 spiro atoms. The van der Waals surface area contributed by atoms with Crippen LogP contribution in [0, 0.1) is 5.41 Å². The van der Waals surface area contributed by atoms with Crippen LogP contribution in [0.5, 0.6) is 0 Å². The zero-order chi connectivity index (χ0) is 11.5. The van der Waals surface area contributed by atoms with Crippen molar-refractivity contribution in [1.29, 1.82) is 0 Å². The van der Waals surface area contributed by atoms with E-state index in [0.717, 1.165) is 32.1 Å².